The van der Waals surface area contributed by atoms with E-state index in [1.54, 1.807) is 25.1 Å². The van der Waals surface area contributed by atoms with Gasteiger partial charge in [-0.15, -0.1) is 0 Å². The second kappa shape index (κ2) is 5.70. The van der Waals surface area contributed by atoms with Gasteiger partial charge in [0.15, 0.2) is 5.78 Å². The highest BCUT2D eigenvalue weighted by Crippen LogP contribution is 2.20. The maximum absolute atomic E-state index is 12.1. The molecule has 21 heavy (non-hydrogen) atoms. The zero-order valence-electron chi connectivity index (χ0n) is 12.0. The highest BCUT2D eigenvalue weighted by molar-refractivity contribution is 6.07. The van der Waals surface area contributed by atoms with E-state index in [0.29, 0.717) is 11.1 Å². The van der Waals surface area contributed by atoms with E-state index in [1.165, 1.54) is 12.1 Å². The highest BCUT2D eigenvalue weighted by atomic mass is 16.6. The van der Waals surface area contributed by atoms with Crippen molar-refractivity contribution in [2.45, 2.75) is 20.8 Å². The van der Waals surface area contributed by atoms with Gasteiger partial charge in [0.2, 0.25) is 0 Å². The maximum Gasteiger partial charge on any atom is 0.273 e. The fraction of sp³-hybridized carbons (Fsp3) is 0.200. The quantitative estimate of drug-likeness (QED) is 0.404. The molecule has 1 heterocycles. The van der Waals surface area contributed by atoms with Gasteiger partial charge in [0.1, 0.15) is 0 Å². The van der Waals surface area contributed by atoms with E-state index in [4.69, 9.17) is 0 Å². The lowest BCUT2D eigenvalue weighted by Crippen LogP contribution is -1.98. The van der Waals surface area contributed by atoms with Crippen molar-refractivity contribution in [2.24, 2.45) is 0 Å². The van der Waals surface area contributed by atoms with Crippen molar-refractivity contribution in [1.29, 1.82) is 0 Å². The van der Waals surface area contributed by atoms with E-state index in [9.17, 15) is 14.9 Å². The molecule has 0 aliphatic carbocycles. The highest BCUT2D eigenvalue weighted by Gasteiger charge is 2.13. The lowest BCUT2D eigenvalue weighted by molar-refractivity contribution is -0.385. The van der Waals surface area contributed by atoms with Gasteiger partial charge < -0.3 is 0 Å². The molecule has 0 bridgehead atoms. The van der Waals surface area contributed by atoms with E-state index < -0.39 is 4.92 Å². The first kappa shape index (κ1) is 14.6. The molecule has 0 aliphatic heterocycles. The van der Waals surface area contributed by atoms with Crippen LogP contribution in [0.5, 0.6) is 0 Å². The normalized spacial score (nSPS) is 11.0. The number of aromatic nitrogens is 2. The van der Waals surface area contributed by atoms with Gasteiger partial charge in [-0.3, -0.25) is 20.0 Å². The van der Waals surface area contributed by atoms with Crippen LogP contribution in [0.4, 0.5) is 5.69 Å². The minimum absolute atomic E-state index is 0.0510. The first-order valence-corrected chi connectivity index (χ1v) is 6.39. The molecule has 2 aromatic rings. The predicted molar refractivity (Wildman–Crippen MR) is 79.3 cm³/mol. The molecule has 1 aromatic heterocycles. The lowest BCUT2D eigenvalue weighted by atomic mass is 10.1. The van der Waals surface area contributed by atoms with E-state index in [0.717, 1.165) is 17.0 Å². The number of carbonyl (C=O) groups excluding carboxylic acids is 1. The monoisotopic (exact) mass is 285 g/mol. The number of benzene rings is 1. The number of nitrogens with zero attached hydrogens (tertiary/aromatic N) is 2. The number of nitro groups is 1. The number of aryl methyl sites for hydroxylation is 3. The summed E-state index contributed by atoms with van der Waals surface area (Å²) in [4.78, 5) is 22.5. The molecule has 6 heteroatoms. The second-order valence-electron chi connectivity index (χ2n) is 4.80. The maximum atomic E-state index is 12.1. The number of rotatable bonds is 4. The Morgan fingerprint density at radius 1 is 1.33 bits per heavy atom. The number of ketones is 1. The molecule has 0 saturated heterocycles. The number of hydrogen-bond donors (Lipinski definition) is 1. The van der Waals surface area contributed by atoms with Crippen LogP contribution < -0.4 is 0 Å². The summed E-state index contributed by atoms with van der Waals surface area (Å²) in [5, 5.41) is 17.8. The third-order valence-corrected chi connectivity index (χ3v) is 3.28. The summed E-state index contributed by atoms with van der Waals surface area (Å²) in [6.45, 7) is 5.34. The minimum Gasteiger partial charge on any atom is -0.289 e. The Bertz CT molecular complexity index is 725. The van der Waals surface area contributed by atoms with Gasteiger partial charge >= 0.3 is 0 Å². The Labute approximate surface area is 121 Å². The van der Waals surface area contributed by atoms with E-state index in [-0.39, 0.29) is 11.5 Å². The van der Waals surface area contributed by atoms with E-state index in [1.807, 2.05) is 13.8 Å². The van der Waals surface area contributed by atoms with Crippen LogP contribution in [0.1, 0.15) is 32.9 Å². The number of nitrogens with one attached hydrogen (secondary N) is 1. The van der Waals surface area contributed by atoms with Gasteiger partial charge in [-0.25, -0.2) is 0 Å². The molecule has 0 fully saturated rings. The second-order valence-corrected chi connectivity index (χ2v) is 4.80. The number of H-pyrrole nitrogens is 1. The van der Waals surface area contributed by atoms with E-state index in [2.05, 4.69) is 10.2 Å². The van der Waals surface area contributed by atoms with Crippen LogP contribution in [-0.4, -0.2) is 20.9 Å². The van der Waals surface area contributed by atoms with Crippen molar-refractivity contribution in [3.05, 3.63) is 62.5 Å². The molecule has 0 saturated carbocycles. The number of carbonyl (C=O) groups is 1. The summed E-state index contributed by atoms with van der Waals surface area (Å²) in [5.74, 6) is -0.280. The number of aromatic amines is 1. The Kier molecular flexibility index (Phi) is 3.98. The van der Waals surface area contributed by atoms with Gasteiger partial charge in [0.25, 0.3) is 5.69 Å². The van der Waals surface area contributed by atoms with Crippen LogP contribution in [-0.2, 0) is 0 Å². The summed E-state index contributed by atoms with van der Waals surface area (Å²) in [5.41, 5.74) is 3.29. The molecule has 0 amide bonds. The van der Waals surface area contributed by atoms with Gasteiger partial charge in [0, 0.05) is 28.5 Å². The van der Waals surface area contributed by atoms with Crippen molar-refractivity contribution in [3.8, 4) is 0 Å². The predicted octanol–water partition coefficient (Wildman–Crippen LogP) is 3.14. The average Bonchev–Trinajstić information content (AvgIpc) is 2.75. The first-order valence-electron chi connectivity index (χ1n) is 6.39. The molecule has 108 valence electrons. The molecule has 1 aromatic carbocycles. The third-order valence-electron chi connectivity index (χ3n) is 3.28. The Morgan fingerprint density at radius 3 is 2.62 bits per heavy atom. The number of allylic oxidation sites excluding steroid dienone is 1. The molecule has 0 radical (unpaired) electrons. The van der Waals surface area contributed by atoms with Crippen LogP contribution >= 0.6 is 0 Å². The lowest BCUT2D eigenvalue weighted by Gasteiger charge is -2.00. The van der Waals surface area contributed by atoms with Crippen molar-refractivity contribution < 1.29 is 9.72 Å². The SMILES string of the molecule is Cc1ccc(C(=O)/C=C/c2c(C)n[nH]c2C)cc1[N+](=O)[O-]. The van der Waals surface area contributed by atoms with Crippen LogP contribution in [0.25, 0.3) is 6.08 Å². The molecular weight excluding hydrogens is 270 g/mol. The fourth-order valence-electron chi connectivity index (χ4n) is 2.02. The molecule has 6 nitrogen and oxygen atoms in total. The molecule has 0 atom stereocenters. The molecule has 1 N–H and O–H groups in total. The van der Waals surface area contributed by atoms with Gasteiger partial charge in [-0.05, 0) is 32.9 Å². The summed E-state index contributed by atoms with van der Waals surface area (Å²) < 4.78 is 0. The molecule has 2 rings (SSSR count). The Balaban J connectivity index is 2.29. The Hall–Kier alpha value is -2.76. The average molecular weight is 285 g/mol. The van der Waals surface area contributed by atoms with Crippen LogP contribution in [0.2, 0.25) is 0 Å². The largest absolute Gasteiger partial charge is 0.289 e. The Morgan fingerprint density at radius 2 is 2.05 bits per heavy atom. The molecule has 0 spiro atoms. The molecular formula is C15H15N3O3. The summed E-state index contributed by atoms with van der Waals surface area (Å²) in [6, 6.07) is 4.47. The number of nitro benzene ring substituents is 1. The molecule has 0 unspecified atom stereocenters. The third kappa shape index (κ3) is 3.05. The van der Waals surface area contributed by atoms with Crippen molar-refractivity contribution in [1.82, 2.24) is 10.2 Å². The van der Waals surface area contributed by atoms with Crippen molar-refractivity contribution >= 4 is 17.5 Å². The summed E-state index contributed by atoms with van der Waals surface area (Å²) >= 11 is 0. The zero-order valence-corrected chi connectivity index (χ0v) is 12.0. The van der Waals surface area contributed by atoms with Gasteiger partial charge in [0.05, 0.1) is 10.6 Å². The van der Waals surface area contributed by atoms with Crippen molar-refractivity contribution in [3.63, 3.8) is 0 Å². The van der Waals surface area contributed by atoms with Crippen LogP contribution in [0, 0.1) is 30.9 Å². The topological polar surface area (TPSA) is 88.9 Å². The van der Waals surface area contributed by atoms with Gasteiger partial charge in [-0.2, -0.15) is 5.10 Å². The smallest absolute Gasteiger partial charge is 0.273 e. The first-order chi connectivity index (χ1) is 9.90. The van der Waals surface area contributed by atoms with E-state index >= 15 is 0 Å². The van der Waals surface area contributed by atoms with Gasteiger partial charge in [-0.1, -0.05) is 12.1 Å². The van der Waals surface area contributed by atoms with Crippen molar-refractivity contribution in [2.75, 3.05) is 0 Å². The summed E-state index contributed by atoms with van der Waals surface area (Å²) in [7, 11) is 0. The zero-order chi connectivity index (χ0) is 15.6. The summed E-state index contributed by atoms with van der Waals surface area (Å²) in [6.07, 6.45) is 3.07. The minimum atomic E-state index is -0.486. The number of hydrogen-bond acceptors (Lipinski definition) is 4. The standard InChI is InChI=1S/C15H15N3O3/c1-9-4-5-12(8-14(9)18(20)21)15(19)7-6-13-10(2)16-17-11(13)3/h4-8H,1-3H3,(H,16,17)/b7-6+. The van der Waals surface area contributed by atoms with Crippen LogP contribution in [0.3, 0.4) is 0 Å². The van der Waals surface area contributed by atoms with Crippen LogP contribution in [0.15, 0.2) is 24.3 Å². The molecule has 0 aliphatic rings. The fourth-order valence-corrected chi connectivity index (χ4v) is 2.02.